The fourth-order valence-corrected chi connectivity index (χ4v) is 1.22. The summed E-state index contributed by atoms with van der Waals surface area (Å²) in [6, 6.07) is 6.45. The Morgan fingerprint density at radius 2 is 2.19 bits per heavy atom. The van der Waals surface area contributed by atoms with Gasteiger partial charge in [-0.2, -0.15) is 5.26 Å². The smallest absolute Gasteiger partial charge is 0.248 e. The predicted molar refractivity (Wildman–Crippen MR) is 58.6 cm³/mol. The predicted octanol–water partition coefficient (Wildman–Crippen LogP) is 0.946. The first-order valence-corrected chi connectivity index (χ1v) is 4.62. The molecule has 0 saturated heterocycles. The maximum absolute atomic E-state index is 11.2. The fraction of sp³-hybridized carbons (Fsp3) is 0.182. The van der Waals surface area contributed by atoms with Gasteiger partial charge in [-0.1, -0.05) is 0 Å². The molecular weight excluding hydrogens is 206 g/mol. The van der Waals surface area contributed by atoms with E-state index in [0.717, 1.165) is 5.56 Å². The topological polar surface area (TPSA) is 96.0 Å². The summed E-state index contributed by atoms with van der Waals surface area (Å²) in [5.74, 6) is -0.893. The summed E-state index contributed by atoms with van der Waals surface area (Å²) in [7, 11) is 0. The molecule has 0 saturated carbocycles. The van der Waals surface area contributed by atoms with E-state index in [0.29, 0.717) is 11.3 Å². The van der Waals surface area contributed by atoms with Gasteiger partial charge in [-0.05, 0) is 30.7 Å². The highest BCUT2D eigenvalue weighted by molar-refractivity contribution is 5.96. The molecule has 0 aliphatic rings. The van der Waals surface area contributed by atoms with Crippen molar-refractivity contribution in [3.8, 4) is 6.07 Å². The molecule has 1 aromatic rings. The molecule has 16 heavy (non-hydrogen) atoms. The Balaban J connectivity index is 2.88. The Morgan fingerprint density at radius 1 is 1.50 bits per heavy atom. The molecule has 3 N–H and O–H groups in total. The standard InChI is InChI=1S/C11H11N3O2/c1-7-6-8(11(13)16)2-3-9(7)14-10(15)4-5-12/h2-3,6H,4H2,1H3,(H2,13,16)(H,14,15). The van der Waals surface area contributed by atoms with Crippen molar-refractivity contribution in [1.29, 1.82) is 5.26 Å². The first-order chi connectivity index (χ1) is 7.54. The zero-order chi connectivity index (χ0) is 12.1. The molecule has 0 unspecified atom stereocenters. The van der Waals surface area contributed by atoms with Crippen LogP contribution in [0.1, 0.15) is 22.3 Å². The van der Waals surface area contributed by atoms with Crippen LogP contribution in [0.2, 0.25) is 0 Å². The Labute approximate surface area is 92.9 Å². The number of carbonyl (C=O) groups is 2. The van der Waals surface area contributed by atoms with Crippen LogP contribution in [0.25, 0.3) is 0 Å². The zero-order valence-electron chi connectivity index (χ0n) is 8.78. The Morgan fingerprint density at radius 3 is 2.69 bits per heavy atom. The van der Waals surface area contributed by atoms with Crippen molar-refractivity contribution in [1.82, 2.24) is 0 Å². The minimum atomic E-state index is -0.516. The lowest BCUT2D eigenvalue weighted by atomic mass is 10.1. The third kappa shape index (κ3) is 2.82. The van der Waals surface area contributed by atoms with Gasteiger partial charge in [0.2, 0.25) is 11.8 Å². The fourth-order valence-electron chi connectivity index (χ4n) is 1.22. The minimum absolute atomic E-state index is 0.197. The number of aryl methyl sites for hydroxylation is 1. The highest BCUT2D eigenvalue weighted by atomic mass is 16.1. The summed E-state index contributed by atoms with van der Waals surface area (Å²) < 4.78 is 0. The van der Waals surface area contributed by atoms with Crippen LogP contribution in [-0.2, 0) is 4.79 Å². The maximum Gasteiger partial charge on any atom is 0.248 e. The molecule has 0 atom stereocenters. The number of carbonyl (C=O) groups excluding carboxylic acids is 2. The third-order valence-corrected chi connectivity index (χ3v) is 2.02. The van der Waals surface area contributed by atoms with Crippen LogP contribution in [0, 0.1) is 18.3 Å². The van der Waals surface area contributed by atoms with Crippen molar-refractivity contribution in [3.63, 3.8) is 0 Å². The number of benzene rings is 1. The summed E-state index contributed by atoms with van der Waals surface area (Å²) in [5, 5.41) is 10.9. The molecule has 82 valence electrons. The van der Waals surface area contributed by atoms with Gasteiger partial charge >= 0.3 is 0 Å². The monoisotopic (exact) mass is 217 g/mol. The van der Waals surface area contributed by atoms with E-state index in [9.17, 15) is 9.59 Å². The first-order valence-electron chi connectivity index (χ1n) is 4.62. The quantitative estimate of drug-likeness (QED) is 0.788. The molecule has 0 aromatic heterocycles. The van der Waals surface area contributed by atoms with Crippen LogP contribution in [0.15, 0.2) is 18.2 Å². The van der Waals surface area contributed by atoms with Crippen LogP contribution in [0.4, 0.5) is 5.69 Å². The molecule has 0 bridgehead atoms. The Hall–Kier alpha value is -2.35. The number of anilines is 1. The molecule has 5 heteroatoms. The zero-order valence-corrected chi connectivity index (χ0v) is 8.78. The van der Waals surface area contributed by atoms with Gasteiger partial charge in [0, 0.05) is 11.3 Å². The van der Waals surface area contributed by atoms with Crippen molar-refractivity contribution in [2.45, 2.75) is 13.3 Å². The SMILES string of the molecule is Cc1cc(C(N)=O)ccc1NC(=O)CC#N. The largest absolute Gasteiger partial charge is 0.366 e. The van der Waals surface area contributed by atoms with E-state index in [-0.39, 0.29) is 12.3 Å². The molecule has 1 aromatic carbocycles. The third-order valence-electron chi connectivity index (χ3n) is 2.02. The van der Waals surface area contributed by atoms with Crippen LogP contribution < -0.4 is 11.1 Å². The van der Waals surface area contributed by atoms with E-state index in [2.05, 4.69) is 5.32 Å². The lowest BCUT2D eigenvalue weighted by Gasteiger charge is -2.07. The average molecular weight is 217 g/mol. The molecule has 0 aliphatic heterocycles. The minimum Gasteiger partial charge on any atom is -0.366 e. The van der Waals surface area contributed by atoms with Gasteiger partial charge in [-0.25, -0.2) is 0 Å². The highest BCUT2D eigenvalue weighted by Crippen LogP contribution is 2.16. The van der Waals surface area contributed by atoms with Crippen molar-refractivity contribution < 1.29 is 9.59 Å². The van der Waals surface area contributed by atoms with E-state index in [1.807, 2.05) is 0 Å². The van der Waals surface area contributed by atoms with Crippen molar-refractivity contribution >= 4 is 17.5 Å². The normalized spacial score (nSPS) is 9.25. The lowest BCUT2D eigenvalue weighted by molar-refractivity contribution is -0.115. The summed E-state index contributed by atoms with van der Waals surface area (Å²) in [6.07, 6.45) is -0.197. The number of rotatable bonds is 3. The van der Waals surface area contributed by atoms with E-state index in [1.54, 1.807) is 25.1 Å². The second-order valence-corrected chi connectivity index (χ2v) is 3.28. The van der Waals surface area contributed by atoms with E-state index in [4.69, 9.17) is 11.0 Å². The van der Waals surface area contributed by atoms with Gasteiger partial charge in [0.05, 0.1) is 6.07 Å². The van der Waals surface area contributed by atoms with E-state index >= 15 is 0 Å². The van der Waals surface area contributed by atoms with Crippen molar-refractivity contribution in [2.24, 2.45) is 5.73 Å². The van der Waals surface area contributed by atoms with Crippen molar-refractivity contribution in [3.05, 3.63) is 29.3 Å². The number of hydrogen-bond donors (Lipinski definition) is 2. The number of nitrogens with zero attached hydrogens (tertiary/aromatic N) is 1. The van der Waals surface area contributed by atoms with Gasteiger partial charge in [-0.15, -0.1) is 0 Å². The lowest BCUT2D eigenvalue weighted by Crippen LogP contribution is -2.13. The van der Waals surface area contributed by atoms with Crippen LogP contribution in [0.3, 0.4) is 0 Å². The van der Waals surface area contributed by atoms with E-state index < -0.39 is 5.91 Å². The summed E-state index contributed by atoms with van der Waals surface area (Å²) in [5.41, 5.74) is 6.80. The van der Waals surface area contributed by atoms with Crippen LogP contribution in [-0.4, -0.2) is 11.8 Å². The Kier molecular flexibility index (Phi) is 3.62. The van der Waals surface area contributed by atoms with Crippen LogP contribution >= 0.6 is 0 Å². The molecule has 5 nitrogen and oxygen atoms in total. The van der Waals surface area contributed by atoms with E-state index in [1.165, 1.54) is 6.07 Å². The van der Waals surface area contributed by atoms with Gasteiger partial charge in [0.15, 0.2) is 0 Å². The number of hydrogen-bond acceptors (Lipinski definition) is 3. The van der Waals surface area contributed by atoms with Gasteiger partial charge in [-0.3, -0.25) is 9.59 Å². The summed E-state index contributed by atoms with van der Waals surface area (Å²) >= 11 is 0. The number of nitrogens with one attached hydrogen (secondary N) is 1. The second kappa shape index (κ2) is 4.94. The Bertz CT molecular complexity index is 475. The maximum atomic E-state index is 11.2. The number of nitrogens with two attached hydrogens (primary N) is 1. The van der Waals surface area contributed by atoms with Crippen LogP contribution in [0.5, 0.6) is 0 Å². The number of nitriles is 1. The molecule has 1 rings (SSSR count). The molecule has 0 heterocycles. The molecule has 0 radical (unpaired) electrons. The number of amides is 2. The summed E-state index contributed by atoms with van der Waals surface area (Å²) in [4.78, 5) is 22.0. The number of primary amides is 1. The highest BCUT2D eigenvalue weighted by Gasteiger charge is 2.06. The van der Waals surface area contributed by atoms with Gasteiger partial charge < -0.3 is 11.1 Å². The molecular formula is C11H11N3O2. The molecule has 0 spiro atoms. The first kappa shape index (κ1) is 11.7. The molecule has 0 aliphatic carbocycles. The molecule has 0 fully saturated rings. The van der Waals surface area contributed by atoms with Gasteiger partial charge in [0.25, 0.3) is 0 Å². The van der Waals surface area contributed by atoms with Crippen molar-refractivity contribution in [2.75, 3.05) is 5.32 Å². The molecule has 2 amide bonds. The average Bonchev–Trinajstić information content (AvgIpc) is 2.21. The summed E-state index contributed by atoms with van der Waals surface area (Å²) in [6.45, 7) is 1.74. The van der Waals surface area contributed by atoms with Gasteiger partial charge in [0.1, 0.15) is 6.42 Å². The second-order valence-electron chi connectivity index (χ2n) is 3.28.